The van der Waals surface area contributed by atoms with Gasteiger partial charge in [0.15, 0.2) is 0 Å². The Kier molecular flexibility index (Phi) is 6.42. The van der Waals surface area contributed by atoms with E-state index in [0.29, 0.717) is 35.5 Å². The molecule has 0 aromatic heterocycles. The van der Waals surface area contributed by atoms with E-state index >= 15 is 0 Å². The molecule has 0 bridgehead atoms. The van der Waals surface area contributed by atoms with E-state index in [9.17, 15) is 9.59 Å². The van der Waals surface area contributed by atoms with Gasteiger partial charge in [0.05, 0.1) is 24.3 Å². The standard InChI is InChI=1S/C18H24ClN3O3.ClH/c1-18(10-20,12-3-4-12)21-17(24)11-7-16(23)22(9-11)14-8-13(19)5-6-15(14)25-2;/h5-6,8,11-12H,3-4,7,9-10,20H2,1-2H3,(H,21,24);1H. The highest BCUT2D eigenvalue weighted by atomic mass is 35.5. The molecule has 1 heterocycles. The number of methoxy groups -OCH3 is 1. The third-order valence-electron chi connectivity index (χ3n) is 5.24. The molecule has 2 atom stereocenters. The number of benzene rings is 1. The summed E-state index contributed by atoms with van der Waals surface area (Å²) in [4.78, 5) is 26.7. The van der Waals surface area contributed by atoms with Gasteiger partial charge >= 0.3 is 0 Å². The Balaban J connectivity index is 0.00000243. The average Bonchev–Trinajstić information content (AvgIpc) is 3.38. The van der Waals surface area contributed by atoms with Gasteiger partial charge in [-0.3, -0.25) is 9.59 Å². The molecule has 3 N–H and O–H groups in total. The predicted octanol–water partition coefficient (Wildman–Crippen LogP) is 2.37. The van der Waals surface area contributed by atoms with E-state index < -0.39 is 5.92 Å². The van der Waals surface area contributed by atoms with Gasteiger partial charge in [0.2, 0.25) is 11.8 Å². The predicted molar refractivity (Wildman–Crippen MR) is 104 cm³/mol. The summed E-state index contributed by atoms with van der Waals surface area (Å²) in [6.45, 7) is 2.69. The molecule has 144 valence electrons. The SMILES string of the molecule is COc1ccc(Cl)cc1N1CC(C(=O)NC(C)(CN)C2CC2)CC1=O.Cl. The topological polar surface area (TPSA) is 84.7 Å². The summed E-state index contributed by atoms with van der Waals surface area (Å²) in [6, 6.07) is 5.11. The van der Waals surface area contributed by atoms with E-state index in [2.05, 4.69) is 5.32 Å². The number of carbonyl (C=O) groups excluding carboxylic acids is 2. The molecule has 2 amide bonds. The van der Waals surface area contributed by atoms with Crippen LogP contribution in [0, 0.1) is 11.8 Å². The van der Waals surface area contributed by atoms with Gasteiger partial charge in [-0.2, -0.15) is 0 Å². The van der Waals surface area contributed by atoms with E-state index in [-0.39, 0.29) is 36.2 Å². The highest BCUT2D eigenvalue weighted by molar-refractivity contribution is 6.31. The summed E-state index contributed by atoms with van der Waals surface area (Å²) < 4.78 is 5.32. The van der Waals surface area contributed by atoms with Crippen LogP contribution in [0.4, 0.5) is 5.69 Å². The number of nitrogens with one attached hydrogen (secondary N) is 1. The largest absolute Gasteiger partial charge is 0.495 e. The zero-order valence-electron chi connectivity index (χ0n) is 15.0. The molecule has 26 heavy (non-hydrogen) atoms. The second-order valence-corrected chi connectivity index (χ2v) is 7.54. The molecule has 2 fully saturated rings. The van der Waals surface area contributed by atoms with E-state index in [1.807, 2.05) is 6.92 Å². The normalized spacial score (nSPS) is 21.8. The quantitative estimate of drug-likeness (QED) is 0.765. The molecule has 8 heteroatoms. The van der Waals surface area contributed by atoms with Crippen molar-refractivity contribution in [2.45, 2.75) is 31.7 Å². The molecule has 2 unspecified atom stereocenters. The van der Waals surface area contributed by atoms with Crippen molar-refractivity contribution in [1.82, 2.24) is 5.32 Å². The number of halogens is 2. The summed E-state index contributed by atoms with van der Waals surface area (Å²) in [6.07, 6.45) is 2.35. The first-order valence-electron chi connectivity index (χ1n) is 8.54. The Morgan fingerprint density at radius 2 is 2.15 bits per heavy atom. The number of ether oxygens (including phenoxy) is 1. The third kappa shape index (κ3) is 4.08. The molecule has 3 rings (SSSR count). The van der Waals surface area contributed by atoms with Crippen LogP contribution in [0.25, 0.3) is 0 Å². The zero-order valence-corrected chi connectivity index (χ0v) is 16.5. The molecule has 1 aliphatic carbocycles. The van der Waals surface area contributed by atoms with Crippen molar-refractivity contribution in [3.05, 3.63) is 23.2 Å². The molecule has 1 aliphatic heterocycles. The third-order valence-corrected chi connectivity index (χ3v) is 5.47. The lowest BCUT2D eigenvalue weighted by Gasteiger charge is -2.30. The van der Waals surface area contributed by atoms with Crippen LogP contribution in [0.3, 0.4) is 0 Å². The van der Waals surface area contributed by atoms with Crippen molar-refractivity contribution >= 4 is 41.5 Å². The molecule has 0 spiro atoms. The molecular weight excluding hydrogens is 377 g/mol. The molecule has 1 aromatic rings. The van der Waals surface area contributed by atoms with E-state index in [1.165, 1.54) is 0 Å². The van der Waals surface area contributed by atoms with Gasteiger partial charge in [-0.25, -0.2) is 0 Å². The fourth-order valence-corrected chi connectivity index (χ4v) is 3.58. The number of hydrogen-bond donors (Lipinski definition) is 2. The van der Waals surface area contributed by atoms with E-state index in [4.69, 9.17) is 22.1 Å². The molecule has 0 radical (unpaired) electrons. The lowest BCUT2D eigenvalue weighted by atomic mass is 9.94. The van der Waals surface area contributed by atoms with Crippen molar-refractivity contribution in [1.29, 1.82) is 0 Å². The van der Waals surface area contributed by atoms with Gasteiger partial charge in [-0.1, -0.05) is 11.6 Å². The van der Waals surface area contributed by atoms with Crippen LogP contribution in [0.2, 0.25) is 5.02 Å². The van der Waals surface area contributed by atoms with E-state index in [1.54, 1.807) is 30.2 Å². The van der Waals surface area contributed by atoms with E-state index in [0.717, 1.165) is 12.8 Å². The Morgan fingerprint density at radius 1 is 1.46 bits per heavy atom. The highest BCUT2D eigenvalue weighted by Gasteiger charge is 2.44. The molecule has 1 saturated carbocycles. The fourth-order valence-electron chi connectivity index (χ4n) is 3.41. The van der Waals surface area contributed by atoms with Crippen molar-refractivity contribution < 1.29 is 14.3 Å². The Bertz CT molecular complexity index is 696. The van der Waals surface area contributed by atoms with Crippen LogP contribution < -0.4 is 20.7 Å². The summed E-state index contributed by atoms with van der Waals surface area (Å²) in [5.74, 6) is 0.366. The van der Waals surface area contributed by atoms with Gasteiger partial charge in [0.25, 0.3) is 0 Å². The minimum atomic E-state index is -0.402. The first-order valence-corrected chi connectivity index (χ1v) is 8.91. The lowest BCUT2D eigenvalue weighted by Crippen LogP contribution is -2.54. The molecule has 1 saturated heterocycles. The monoisotopic (exact) mass is 401 g/mol. The lowest BCUT2D eigenvalue weighted by molar-refractivity contribution is -0.128. The molecule has 6 nitrogen and oxygen atoms in total. The zero-order chi connectivity index (χ0) is 18.2. The molecule has 1 aromatic carbocycles. The number of nitrogens with two attached hydrogens (primary N) is 1. The minimum Gasteiger partial charge on any atom is -0.495 e. The Hall–Kier alpha value is -1.50. The number of carbonyl (C=O) groups is 2. The second kappa shape index (κ2) is 8.03. The van der Waals surface area contributed by atoms with Crippen molar-refractivity contribution in [2.75, 3.05) is 25.1 Å². The average molecular weight is 402 g/mol. The van der Waals surface area contributed by atoms with Crippen molar-refractivity contribution in [3.8, 4) is 5.75 Å². The van der Waals surface area contributed by atoms with Crippen molar-refractivity contribution in [3.63, 3.8) is 0 Å². The molecular formula is C18H25Cl2N3O3. The number of rotatable bonds is 6. The maximum absolute atomic E-state index is 12.7. The summed E-state index contributed by atoms with van der Waals surface area (Å²) in [7, 11) is 1.54. The van der Waals surface area contributed by atoms with Crippen LogP contribution in [-0.2, 0) is 9.59 Å². The first-order chi connectivity index (χ1) is 11.9. The smallest absolute Gasteiger partial charge is 0.227 e. The summed E-state index contributed by atoms with van der Waals surface area (Å²) in [5.41, 5.74) is 6.08. The van der Waals surface area contributed by atoms with Gasteiger partial charge < -0.3 is 20.7 Å². The van der Waals surface area contributed by atoms with Crippen LogP contribution in [0.15, 0.2) is 18.2 Å². The Labute approximate surface area is 164 Å². The first kappa shape index (κ1) is 20.8. The van der Waals surface area contributed by atoms with Gasteiger partial charge in [0, 0.05) is 24.5 Å². The number of nitrogens with zero attached hydrogens (tertiary/aromatic N) is 1. The van der Waals surface area contributed by atoms with Crippen LogP contribution in [0.1, 0.15) is 26.2 Å². The van der Waals surface area contributed by atoms with Gasteiger partial charge in [-0.15, -0.1) is 12.4 Å². The van der Waals surface area contributed by atoms with Gasteiger partial charge in [-0.05, 0) is 43.9 Å². The second-order valence-electron chi connectivity index (χ2n) is 7.11. The number of hydrogen-bond acceptors (Lipinski definition) is 4. The molecule has 2 aliphatic rings. The maximum Gasteiger partial charge on any atom is 0.227 e. The van der Waals surface area contributed by atoms with Crippen LogP contribution >= 0.6 is 24.0 Å². The maximum atomic E-state index is 12.7. The minimum absolute atomic E-state index is 0. The number of amides is 2. The van der Waals surface area contributed by atoms with Crippen molar-refractivity contribution in [2.24, 2.45) is 17.6 Å². The van der Waals surface area contributed by atoms with Crippen LogP contribution in [0.5, 0.6) is 5.75 Å². The summed E-state index contributed by atoms with van der Waals surface area (Å²) in [5, 5.41) is 3.59. The highest BCUT2D eigenvalue weighted by Crippen LogP contribution is 2.40. The fraction of sp³-hybridized carbons (Fsp3) is 0.556. The number of anilines is 1. The Morgan fingerprint density at radius 3 is 2.73 bits per heavy atom. The summed E-state index contributed by atoms with van der Waals surface area (Å²) >= 11 is 6.06. The van der Waals surface area contributed by atoms with Gasteiger partial charge in [0.1, 0.15) is 5.75 Å². The van der Waals surface area contributed by atoms with Crippen LogP contribution in [-0.4, -0.2) is 37.6 Å².